The highest BCUT2D eigenvalue weighted by Gasteiger charge is 2.28. The van der Waals surface area contributed by atoms with Gasteiger partial charge >= 0.3 is 0 Å². The van der Waals surface area contributed by atoms with Gasteiger partial charge in [-0.15, -0.1) is 0 Å². The molecule has 1 saturated carbocycles. The van der Waals surface area contributed by atoms with E-state index in [2.05, 4.69) is 65.1 Å². The Bertz CT molecular complexity index is 415. The van der Waals surface area contributed by atoms with Gasteiger partial charge in [-0.3, -0.25) is 0 Å². The molecule has 0 aromatic heterocycles. The van der Waals surface area contributed by atoms with Crippen LogP contribution >= 0.6 is 15.9 Å². The van der Waals surface area contributed by atoms with Gasteiger partial charge in [0, 0.05) is 28.8 Å². The zero-order valence-corrected chi connectivity index (χ0v) is 13.8. The third-order valence-corrected chi connectivity index (χ3v) is 4.43. The van der Waals surface area contributed by atoms with Gasteiger partial charge in [-0.2, -0.15) is 0 Å². The maximum Gasteiger partial charge on any atom is 0.0380 e. The van der Waals surface area contributed by atoms with Gasteiger partial charge in [-0.25, -0.2) is 0 Å². The Hall–Kier alpha value is -0.540. The average molecular weight is 325 g/mol. The summed E-state index contributed by atoms with van der Waals surface area (Å²) in [4.78, 5) is 2.56. The number of hydrogen-bond donors (Lipinski definition) is 1. The van der Waals surface area contributed by atoms with Crippen LogP contribution in [0.3, 0.4) is 0 Å². The second-order valence-corrected chi connectivity index (χ2v) is 6.26. The molecule has 0 amide bonds. The van der Waals surface area contributed by atoms with Crippen LogP contribution in [0, 0.1) is 0 Å². The van der Waals surface area contributed by atoms with Gasteiger partial charge in [0.25, 0.3) is 0 Å². The number of anilines is 1. The molecule has 1 aromatic rings. The van der Waals surface area contributed by atoms with Crippen molar-refractivity contribution in [2.75, 3.05) is 18.0 Å². The molecule has 1 N–H and O–H groups in total. The fourth-order valence-electron chi connectivity index (χ4n) is 2.61. The predicted octanol–water partition coefficient (Wildman–Crippen LogP) is 4.50. The zero-order valence-electron chi connectivity index (χ0n) is 12.2. The van der Waals surface area contributed by atoms with Gasteiger partial charge in [-0.05, 0) is 50.4 Å². The first kappa shape index (κ1) is 14.9. The highest BCUT2D eigenvalue weighted by Crippen LogP contribution is 2.35. The van der Waals surface area contributed by atoms with Crippen molar-refractivity contribution in [1.82, 2.24) is 5.32 Å². The van der Waals surface area contributed by atoms with Gasteiger partial charge in [0.15, 0.2) is 0 Å². The number of benzene rings is 1. The van der Waals surface area contributed by atoms with Crippen molar-refractivity contribution in [2.24, 2.45) is 0 Å². The summed E-state index contributed by atoms with van der Waals surface area (Å²) < 4.78 is 1.22. The Morgan fingerprint density at radius 1 is 1.37 bits per heavy atom. The van der Waals surface area contributed by atoms with E-state index in [1.165, 1.54) is 41.5 Å². The summed E-state index contributed by atoms with van der Waals surface area (Å²) >= 11 is 3.74. The lowest BCUT2D eigenvalue weighted by molar-refractivity contribution is 0.596. The third kappa shape index (κ3) is 3.73. The van der Waals surface area contributed by atoms with Gasteiger partial charge in [-0.1, -0.05) is 35.8 Å². The number of halogens is 1. The summed E-state index contributed by atoms with van der Waals surface area (Å²) in [5, 5.41) is 3.47. The molecule has 2 rings (SSSR count). The topological polar surface area (TPSA) is 15.3 Å². The molecule has 3 heteroatoms. The maximum atomic E-state index is 3.74. The largest absolute Gasteiger partial charge is 0.369 e. The van der Waals surface area contributed by atoms with Gasteiger partial charge in [0.1, 0.15) is 0 Å². The smallest absolute Gasteiger partial charge is 0.0380 e. The Kier molecular flexibility index (Phi) is 5.28. The predicted molar refractivity (Wildman–Crippen MR) is 86.9 cm³/mol. The molecule has 1 aliphatic carbocycles. The van der Waals surface area contributed by atoms with E-state index >= 15 is 0 Å². The first-order valence-corrected chi connectivity index (χ1v) is 8.26. The first-order valence-electron chi connectivity index (χ1n) is 7.46. The molecular weight excluding hydrogens is 300 g/mol. The van der Waals surface area contributed by atoms with Crippen molar-refractivity contribution in [3.05, 3.63) is 28.2 Å². The minimum absolute atomic E-state index is 0.397. The van der Waals surface area contributed by atoms with Crippen LogP contribution in [0.4, 0.5) is 5.69 Å². The van der Waals surface area contributed by atoms with Crippen LogP contribution < -0.4 is 10.2 Å². The molecule has 106 valence electrons. The van der Waals surface area contributed by atoms with Crippen LogP contribution in [0.2, 0.25) is 0 Å². The van der Waals surface area contributed by atoms with Crippen LogP contribution in [0.1, 0.15) is 51.6 Å². The summed E-state index contributed by atoms with van der Waals surface area (Å²) in [6, 6.07) is 8.01. The normalized spacial score (nSPS) is 16.4. The third-order valence-electron chi connectivity index (χ3n) is 3.74. The van der Waals surface area contributed by atoms with Crippen LogP contribution in [0.15, 0.2) is 22.7 Å². The van der Waals surface area contributed by atoms with Gasteiger partial charge < -0.3 is 10.2 Å². The number of hydrogen-bond acceptors (Lipinski definition) is 2. The zero-order chi connectivity index (χ0) is 13.8. The Morgan fingerprint density at radius 3 is 2.63 bits per heavy atom. The molecule has 1 unspecified atom stereocenters. The molecule has 1 aromatic carbocycles. The molecule has 0 saturated heterocycles. The Morgan fingerprint density at radius 2 is 2.11 bits per heavy atom. The van der Waals surface area contributed by atoms with Crippen LogP contribution in [0.25, 0.3) is 0 Å². The van der Waals surface area contributed by atoms with Crippen molar-refractivity contribution in [3.63, 3.8) is 0 Å². The second kappa shape index (κ2) is 6.76. The van der Waals surface area contributed by atoms with Crippen molar-refractivity contribution in [1.29, 1.82) is 0 Å². The first-order chi connectivity index (χ1) is 9.17. The summed E-state index contributed by atoms with van der Waals surface area (Å²) in [6.07, 6.45) is 3.92. The fraction of sp³-hybridized carbons (Fsp3) is 0.625. The molecule has 0 aliphatic heterocycles. The van der Waals surface area contributed by atoms with E-state index in [0.29, 0.717) is 6.04 Å². The van der Waals surface area contributed by atoms with E-state index in [0.717, 1.165) is 12.6 Å². The van der Waals surface area contributed by atoms with Crippen molar-refractivity contribution in [2.45, 2.75) is 52.1 Å². The lowest BCUT2D eigenvalue weighted by Crippen LogP contribution is -2.26. The molecule has 0 radical (unpaired) electrons. The molecule has 0 heterocycles. The van der Waals surface area contributed by atoms with E-state index in [9.17, 15) is 0 Å². The van der Waals surface area contributed by atoms with Gasteiger partial charge in [0.2, 0.25) is 0 Å². The molecule has 2 nitrogen and oxygen atoms in total. The van der Waals surface area contributed by atoms with Crippen LogP contribution in [-0.2, 0) is 0 Å². The SMILES string of the molecule is CCCN(c1ccc(C(C)NCC)c(Br)c1)C1CC1. The van der Waals surface area contributed by atoms with Crippen molar-refractivity contribution < 1.29 is 0 Å². The Balaban J connectivity index is 2.17. The number of nitrogens with zero attached hydrogens (tertiary/aromatic N) is 1. The summed E-state index contributed by atoms with van der Waals surface area (Å²) in [5.41, 5.74) is 2.71. The number of nitrogens with one attached hydrogen (secondary N) is 1. The van der Waals surface area contributed by atoms with Gasteiger partial charge in [0.05, 0.1) is 0 Å². The number of rotatable bonds is 7. The maximum absolute atomic E-state index is 3.74. The summed E-state index contributed by atoms with van der Waals surface area (Å²) in [5.74, 6) is 0. The standard InChI is InChI=1S/C16H25BrN2/c1-4-10-19(13-6-7-13)14-8-9-15(16(17)11-14)12(3)18-5-2/h8-9,11-13,18H,4-7,10H2,1-3H3. The van der Waals surface area contributed by atoms with Crippen LogP contribution in [0.5, 0.6) is 0 Å². The highest BCUT2D eigenvalue weighted by molar-refractivity contribution is 9.10. The van der Waals surface area contributed by atoms with Crippen LogP contribution in [-0.4, -0.2) is 19.1 Å². The monoisotopic (exact) mass is 324 g/mol. The second-order valence-electron chi connectivity index (χ2n) is 5.41. The molecular formula is C16H25BrN2. The van der Waals surface area contributed by atoms with Crippen molar-refractivity contribution in [3.8, 4) is 0 Å². The highest BCUT2D eigenvalue weighted by atomic mass is 79.9. The van der Waals surface area contributed by atoms with E-state index in [4.69, 9.17) is 0 Å². The molecule has 0 bridgehead atoms. The lowest BCUT2D eigenvalue weighted by Gasteiger charge is -2.25. The lowest BCUT2D eigenvalue weighted by atomic mass is 10.1. The Labute approximate surface area is 125 Å². The van der Waals surface area contributed by atoms with E-state index < -0.39 is 0 Å². The summed E-state index contributed by atoms with van der Waals surface area (Å²) in [6.45, 7) is 8.79. The van der Waals surface area contributed by atoms with E-state index in [-0.39, 0.29) is 0 Å². The van der Waals surface area contributed by atoms with Crippen molar-refractivity contribution >= 4 is 21.6 Å². The molecule has 0 spiro atoms. The molecule has 19 heavy (non-hydrogen) atoms. The summed E-state index contributed by atoms with van der Waals surface area (Å²) in [7, 11) is 0. The van der Waals surface area contributed by atoms with E-state index in [1.54, 1.807) is 0 Å². The fourth-order valence-corrected chi connectivity index (χ4v) is 3.32. The minimum atomic E-state index is 0.397. The quantitative estimate of drug-likeness (QED) is 0.794. The molecule has 1 fully saturated rings. The molecule has 1 aliphatic rings. The van der Waals surface area contributed by atoms with E-state index in [1.807, 2.05) is 0 Å². The molecule has 1 atom stereocenters. The minimum Gasteiger partial charge on any atom is -0.369 e. The average Bonchev–Trinajstić information content (AvgIpc) is 3.20.